The van der Waals surface area contributed by atoms with Crippen LogP contribution >= 0.6 is 11.6 Å². The third kappa shape index (κ3) is 6.32. The third-order valence-electron chi connectivity index (χ3n) is 4.97. The lowest BCUT2D eigenvalue weighted by molar-refractivity contribution is -0.137. The number of aromatic nitrogens is 1. The van der Waals surface area contributed by atoms with Crippen molar-refractivity contribution in [2.45, 2.75) is 31.1 Å². The van der Waals surface area contributed by atoms with Gasteiger partial charge >= 0.3 is 6.18 Å². The minimum Gasteiger partial charge on any atom is -0.401 e. The zero-order valence-electron chi connectivity index (χ0n) is 16.7. The third-order valence-corrected chi connectivity index (χ3v) is 5.18. The van der Waals surface area contributed by atoms with Gasteiger partial charge in [-0.25, -0.2) is 4.98 Å². The summed E-state index contributed by atoms with van der Waals surface area (Å²) in [4.78, 5) is 4.42. The monoisotopic (exact) mass is 445 g/mol. The number of pyridine rings is 1. The van der Waals surface area contributed by atoms with E-state index in [0.29, 0.717) is 23.7 Å². The van der Waals surface area contributed by atoms with Crippen molar-refractivity contribution >= 4 is 11.6 Å². The van der Waals surface area contributed by atoms with Gasteiger partial charge in [-0.15, -0.1) is 0 Å². The molecule has 7 heteroatoms. The maximum absolute atomic E-state index is 12.8. The normalized spacial score (nSPS) is 13.5. The van der Waals surface area contributed by atoms with Crippen LogP contribution in [0.15, 0.2) is 85.1 Å². The highest BCUT2D eigenvalue weighted by Crippen LogP contribution is 2.30. The molecule has 0 amide bonds. The van der Waals surface area contributed by atoms with Gasteiger partial charge in [-0.2, -0.15) is 13.2 Å². The fourth-order valence-electron chi connectivity index (χ4n) is 3.37. The summed E-state index contributed by atoms with van der Waals surface area (Å²) < 4.78 is 38.5. The summed E-state index contributed by atoms with van der Waals surface area (Å²) in [6.45, 7) is 3.91. The van der Waals surface area contributed by atoms with Crippen molar-refractivity contribution in [2.75, 3.05) is 0 Å². The van der Waals surface area contributed by atoms with Crippen LogP contribution in [0.25, 0.3) is 0 Å². The van der Waals surface area contributed by atoms with Gasteiger partial charge in [0, 0.05) is 5.70 Å². The second-order valence-corrected chi connectivity index (χ2v) is 7.64. The largest absolute Gasteiger partial charge is 0.416 e. The van der Waals surface area contributed by atoms with Crippen LogP contribution in [-0.2, 0) is 12.6 Å². The Kier molecular flexibility index (Phi) is 7.36. The zero-order chi connectivity index (χ0) is 22.4. The van der Waals surface area contributed by atoms with E-state index in [0.717, 1.165) is 29.0 Å². The Labute approximate surface area is 184 Å². The van der Waals surface area contributed by atoms with Gasteiger partial charge in [0.1, 0.15) is 5.15 Å². The number of nitrogens with two attached hydrogens (primary N) is 1. The predicted octanol–water partition coefficient (Wildman–Crippen LogP) is 6.23. The van der Waals surface area contributed by atoms with Gasteiger partial charge in [0.2, 0.25) is 0 Å². The summed E-state index contributed by atoms with van der Waals surface area (Å²) in [6, 6.07) is 19.7. The minimum absolute atomic E-state index is 0.244. The molecule has 2 aromatic carbocycles. The summed E-state index contributed by atoms with van der Waals surface area (Å²) in [6.07, 6.45) is -3.23. The summed E-state index contributed by atoms with van der Waals surface area (Å²) in [5.41, 5.74) is 8.35. The topological polar surface area (TPSA) is 50.9 Å². The van der Waals surface area contributed by atoms with E-state index >= 15 is 0 Å². The molecule has 3 nitrogen and oxygen atoms in total. The Bertz CT molecular complexity index is 1000. The molecule has 0 saturated carbocycles. The molecule has 0 unspecified atom stereocenters. The van der Waals surface area contributed by atoms with Gasteiger partial charge in [0.05, 0.1) is 23.3 Å². The molecular formula is C24H23ClF3N3. The van der Waals surface area contributed by atoms with E-state index in [4.69, 9.17) is 17.3 Å². The predicted molar refractivity (Wildman–Crippen MR) is 117 cm³/mol. The molecule has 162 valence electrons. The molecule has 3 rings (SSSR count). The molecule has 0 aliphatic carbocycles. The Balaban J connectivity index is 1.82. The first-order chi connectivity index (χ1) is 14.7. The molecule has 1 aromatic heterocycles. The number of nitrogens with one attached hydrogen (secondary N) is 1. The SMILES string of the molecule is C=C(N)[C@H](N[C@@H](CCc1ccc(C(F)(F)F)cc1)c1cccc(Cl)n1)c1ccccc1. The van der Waals surface area contributed by atoms with Crippen molar-refractivity contribution < 1.29 is 13.2 Å². The maximum Gasteiger partial charge on any atom is 0.416 e. The van der Waals surface area contributed by atoms with E-state index in [1.165, 1.54) is 12.1 Å². The molecule has 0 aliphatic rings. The highest BCUT2D eigenvalue weighted by atomic mass is 35.5. The van der Waals surface area contributed by atoms with Crippen LogP contribution in [0.5, 0.6) is 0 Å². The quantitative estimate of drug-likeness (QED) is 0.404. The number of alkyl halides is 3. The number of halogens is 4. The van der Waals surface area contributed by atoms with Crippen molar-refractivity contribution in [1.29, 1.82) is 0 Å². The summed E-state index contributed by atoms with van der Waals surface area (Å²) in [7, 11) is 0. The fraction of sp³-hybridized carbons (Fsp3) is 0.208. The molecule has 3 N–H and O–H groups in total. The molecule has 0 saturated heterocycles. The Morgan fingerprint density at radius 2 is 1.68 bits per heavy atom. The van der Waals surface area contributed by atoms with Crippen molar-refractivity contribution in [3.05, 3.63) is 113 Å². The highest BCUT2D eigenvalue weighted by molar-refractivity contribution is 6.29. The van der Waals surface area contributed by atoms with E-state index < -0.39 is 11.7 Å². The minimum atomic E-state index is -4.35. The fourth-order valence-corrected chi connectivity index (χ4v) is 3.54. The van der Waals surface area contributed by atoms with Crippen LogP contribution in [0, 0.1) is 0 Å². The van der Waals surface area contributed by atoms with Gasteiger partial charge in [-0.1, -0.05) is 66.7 Å². The van der Waals surface area contributed by atoms with Crippen molar-refractivity contribution in [3.63, 3.8) is 0 Å². The number of nitrogens with zero attached hydrogens (tertiary/aromatic N) is 1. The molecular weight excluding hydrogens is 423 g/mol. The lowest BCUT2D eigenvalue weighted by Gasteiger charge is -2.26. The number of rotatable bonds is 8. The first-order valence-electron chi connectivity index (χ1n) is 9.78. The Morgan fingerprint density at radius 1 is 1.00 bits per heavy atom. The van der Waals surface area contributed by atoms with Gasteiger partial charge in [0.25, 0.3) is 0 Å². The van der Waals surface area contributed by atoms with Crippen molar-refractivity contribution in [2.24, 2.45) is 5.73 Å². The summed E-state index contributed by atoms with van der Waals surface area (Å²) in [5, 5.41) is 3.86. The molecule has 0 fully saturated rings. The van der Waals surface area contributed by atoms with Crippen molar-refractivity contribution in [3.8, 4) is 0 Å². The lowest BCUT2D eigenvalue weighted by Crippen LogP contribution is -2.31. The van der Waals surface area contributed by atoms with Gasteiger partial charge < -0.3 is 5.73 Å². The molecule has 1 heterocycles. The van der Waals surface area contributed by atoms with Gasteiger partial charge in [-0.05, 0) is 48.2 Å². The Morgan fingerprint density at radius 3 is 2.26 bits per heavy atom. The second kappa shape index (κ2) is 9.98. The number of hydrogen-bond donors (Lipinski definition) is 2. The summed E-state index contributed by atoms with van der Waals surface area (Å²) in [5.74, 6) is 0. The molecule has 2 atom stereocenters. The smallest absolute Gasteiger partial charge is 0.401 e. The summed E-state index contributed by atoms with van der Waals surface area (Å²) >= 11 is 6.09. The van der Waals surface area contributed by atoms with Crippen LogP contribution in [0.1, 0.15) is 40.9 Å². The van der Waals surface area contributed by atoms with E-state index in [1.807, 2.05) is 42.5 Å². The first kappa shape index (κ1) is 22.8. The average Bonchev–Trinajstić information content (AvgIpc) is 2.74. The lowest BCUT2D eigenvalue weighted by atomic mass is 9.98. The van der Waals surface area contributed by atoms with Crippen LogP contribution in [0.2, 0.25) is 5.15 Å². The number of hydrogen-bond acceptors (Lipinski definition) is 3. The van der Waals surface area contributed by atoms with Gasteiger partial charge in [0.15, 0.2) is 0 Å². The molecule has 3 aromatic rings. The molecule has 0 spiro atoms. The number of aryl methyl sites for hydroxylation is 1. The standard InChI is InChI=1S/C24H23ClF3N3/c1-16(29)23(18-6-3-2-4-7-18)31-21(20-8-5-9-22(25)30-20)15-12-17-10-13-19(14-11-17)24(26,27)28/h2-11,13-14,21,23,31H,1,12,15,29H2/t21-,23-/m0/s1. The van der Waals surface area contributed by atoms with Crippen LogP contribution in [-0.4, -0.2) is 4.98 Å². The van der Waals surface area contributed by atoms with E-state index in [-0.39, 0.29) is 12.1 Å². The molecule has 31 heavy (non-hydrogen) atoms. The molecule has 0 bridgehead atoms. The highest BCUT2D eigenvalue weighted by Gasteiger charge is 2.30. The Hall–Kier alpha value is -2.83. The van der Waals surface area contributed by atoms with Gasteiger partial charge in [-0.3, -0.25) is 5.32 Å². The van der Waals surface area contributed by atoms with E-state index in [1.54, 1.807) is 6.07 Å². The van der Waals surface area contributed by atoms with Crippen LogP contribution < -0.4 is 11.1 Å². The number of benzene rings is 2. The van der Waals surface area contributed by atoms with Crippen molar-refractivity contribution in [1.82, 2.24) is 10.3 Å². The van der Waals surface area contributed by atoms with E-state index in [9.17, 15) is 13.2 Å². The van der Waals surface area contributed by atoms with Crippen LogP contribution in [0.3, 0.4) is 0 Å². The van der Waals surface area contributed by atoms with Crippen LogP contribution in [0.4, 0.5) is 13.2 Å². The second-order valence-electron chi connectivity index (χ2n) is 7.26. The maximum atomic E-state index is 12.8. The average molecular weight is 446 g/mol. The molecule has 0 radical (unpaired) electrons. The van der Waals surface area contributed by atoms with E-state index in [2.05, 4.69) is 16.9 Å². The first-order valence-corrected chi connectivity index (χ1v) is 10.2. The zero-order valence-corrected chi connectivity index (χ0v) is 17.5. The molecule has 0 aliphatic heterocycles.